The Morgan fingerprint density at radius 2 is 2.33 bits per heavy atom. The molecule has 1 heterocycles. The first-order valence-corrected chi connectivity index (χ1v) is 6.14. The summed E-state index contributed by atoms with van der Waals surface area (Å²) in [6, 6.07) is 0.534. The van der Waals surface area contributed by atoms with Crippen molar-refractivity contribution in [2.24, 2.45) is 5.92 Å². The van der Waals surface area contributed by atoms with Crippen LogP contribution in [-0.2, 0) is 4.74 Å². The van der Waals surface area contributed by atoms with Gasteiger partial charge in [-0.25, -0.2) is 0 Å². The molecule has 0 spiro atoms. The van der Waals surface area contributed by atoms with Crippen molar-refractivity contribution in [3.8, 4) is 0 Å². The predicted octanol–water partition coefficient (Wildman–Crippen LogP) is 1.34. The molecule has 1 aliphatic heterocycles. The Labute approximate surface area is 94.2 Å². The van der Waals surface area contributed by atoms with Crippen molar-refractivity contribution in [2.75, 3.05) is 40.4 Å². The number of nitrogens with one attached hydrogen (secondary N) is 1. The second kappa shape index (κ2) is 7.20. The summed E-state index contributed by atoms with van der Waals surface area (Å²) >= 11 is 0. The monoisotopic (exact) mass is 214 g/mol. The lowest BCUT2D eigenvalue weighted by molar-refractivity contribution is 0.110. The van der Waals surface area contributed by atoms with E-state index in [0.717, 1.165) is 12.5 Å². The highest BCUT2D eigenvalue weighted by Gasteiger charge is 2.15. The van der Waals surface area contributed by atoms with Crippen LogP contribution in [0.1, 0.15) is 26.2 Å². The summed E-state index contributed by atoms with van der Waals surface area (Å²) < 4.78 is 5.16. The average Bonchev–Trinajstić information content (AvgIpc) is 2.27. The quantitative estimate of drug-likeness (QED) is 0.722. The largest absolute Gasteiger partial charge is 0.383 e. The van der Waals surface area contributed by atoms with Crippen LogP contribution in [0.2, 0.25) is 0 Å². The van der Waals surface area contributed by atoms with Gasteiger partial charge in [0.25, 0.3) is 0 Å². The van der Waals surface area contributed by atoms with Gasteiger partial charge in [-0.1, -0.05) is 0 Å². The third-order valence-corrected chi connectivity index (χ3v) is 3.45. The highest BCUT2D eigenvalue weighted by Crippen LogP contribution is 2.14. The highest BCUT2D eigenvalue weighted by molar-refractivity contribution is 4.71. The fourth-order valence-electron chi connectivity index (χ4n) is 2.15. The van der Waals surface area contributed by atoms with E-state index < -0.39 is 0 Å². The van der Waals surface area contributed by atoms with E-state index in [4.69, 9.17) is 4.74 Å². The van der Waals surface area contributed by atoms with Crippen LogP contribution in [-0.4, -0.2) is 51.3 Å². The minimum Gasteiger partial charge on any atom is -0.383 e. The SMILES string of the molecule is COCC(C)N(C)CCC1CCCNC1. The molecule has 3 heteroatoms. The minimum absolute atomic E-state index is 0.534. The first-order valence-electron chi connectivity index (χ1n) is 6.14. The van der Waals surface area contributed by atoms with Crippen LogP contribution < -0.4 is 5.32 Å². The van der Waals surface area contributed by atoms with E-state index in [0.29, 0.717) is 6.04 Å². The van der Waals surface area contributed by atoms with Gasteiger partial charge in [-0.05, 0) is 58.8 Å². The molecule has 1 rings (SSSR count). The maximum Gasteiger partial charge on any atom is 0.0615 e. The lowest BCUT2D eigenvalue weighted by Crippen LogP contribution is -2.36. The number of piperidine rings is 1. The molecule has 90 valence electrons. The number of hydrogen-bond donors (Lipinski definition) is 1. The van der Waals surface area contributed by atoms with Gasteiger partial charge in [0.1, 0.15) is 0 Å². The van der Waals surface area contributed by atoms with Crippen LogP contribution in [0.15, 0.2) is 0 Å². The third-order valence-electron chi connectivity index (χ3n) is 3.45. The first-order chi connectivity index (χ1) is 7.24. The summed E-state index contributed by atoms with van der Waals surface area (Å²) in [4.78, 5) is 2.40. The Balaban J connectivity index is 2.11. The number of likely N-dealkylation sites (N-methyl/N-ethyl adjacent to an activating group) is 1. The van der Waals surface area contributed by atoms with Crippen LogP contribution in [0.4, 0.5) is 0 Å². The first kappa shape index (κ1) is 12.9. The lowest BCUT2D eigenvalue weighted by Gasteiger charge is -2.28. The molecular weight excluding hydrogens is 188 g/mol. The average molecular weight is 214 g/mol. The molecule has 0 aromatic heterocycles. The second-order valence-corrected chi connectivity index (χ2v) is 4.79. The topological polar surface area (TPSA) is 24.5 Å². The number of nitrogens with zero attached hydrogens (tertiary/aromatic N) is 1. The van der Waals surface area contributed by atoms with Gasteiger partial charge < -0.3 is 15.0 Å². The Bertz CT molecular complexity index is 158. The van der Waals surface area contributed by atoms with E-state index >= 15 is 0 Å². The van der Waals surface area contributed by atoms with Gasteiger partial charge in [-0.3, -0.25) is 0 Å². The van der Waals surface area contributed by atoms with Gasteiger partial charge in [0.2, 0.25) is 0 Å². The molecule has 1 N–H and O–H groups in total. The standard InChI is InChI=1S/C12H26N2O/c1-11(10-15-3)14(2)8-6-12-5-4-7-13-9-12/h11-13H,4-10H2,1-3H3. The maximum absolute atomic E-state index is 5.16. The van der Waals surface area contributed by atoms with E-state index in [2.05, 4.69) is 24.2 Å². The smallest absolute Gasteiger partial charge is 0.0615 e. The minimum atomic E-state index is 0.534. The van der Waals surface area contributed by atoms with E-state index in [1.54, 1.807) is 7.11 Å². The summed E-state index contributed by atoms with van der Waals surface area (Å²) in [5.41, 5.74) is 0. The summed E-state index contributed by atoms with van der Waals surface area (Å²) in [7, 11) is 3.97. The van der Waals surface area contributed by atoms with Crippen molar-refractivity contribution in [1.82, 2.24) is 10.2 Å². The summed E-state index contributed by atoms with van der Waals surface area (Å²) in [5.74, 6) is 0.885. The fraction of sp³-hybridized carbons (Fsp3) is 1.00. The van der Waals surface area contributed by atoms with Gasteiger partial charge >= 0.3 is 0 Å². The number of methoxy groups -OCH3 is 1. The molecule has 2 unspecified atom stereocenters. The summed E-state index contributed by atoms with van der Waals surface area (Å²) in [6.07, 6.45) is 4.07. The Kier molecular flexibility index (Phi) is 6.22. The maximum atomic E-state index is 5.16. The van der Waals surface area contributed by atoms with Crippen molar-refractivity contribution in [2.45, 2.75) is 32.2 Å². The number of hydrogen-bond acceptors (Lipinski definition) is 3. The third kappa shape index (κ3) is 4.96. The molecule has 0 aliphatic carbocycles. The van der Waals surface area contributed by atoms with Crippen molar-refractivity contribution in [3.63, 3.8) is 0 Å². The Hall–Kier alpha value is -0.120. The van der Waals surface area contributed by atoms with Crippen LogP contribution in [0.5, 0.6) is 0 Å². The zero-order valence-corrected chi connectivity index (χ0v) is 10.5. The summed E-state index contributed by atoms with van der Waals surface area (Å²) in [6.45, 7) is 6.68. The van der Waals surface area contributed by atoms with Crippen molar-refractivity contribution in [1.29, 1.82) is 0 Å². The van der Waals surface area contributed by atoms with Crippen LogP contribution in [0, 0.1) is 5.92 Å². The van der Waals surface area contributed by atoms with Crippen molar-refractivity contribution < 1.29 is 4.74 Å². The van der Waals surface area contributed by atoms with Crippen molar-refractivity contribution in [3.05, 3.63) is 0 Å². The van der Waals surface area contributed by atoms with E-state index in [1.807, 2.05) is 0 Å². The molecule has 3 nitrogen and oxygen atoms in total. The molecule has 0 amide bonds. The zero-order valence-electron chi connectivity index (χ0n) is 10.5. The molecule has 1 fully saturated rings. The molecule has 1 saturated heterocycles. The van der Waals surface area contributed by atoms with Gasteiger partial charge in [0, 0.05) is 13.2 Å². The van der Waals surface area contributed by atoms with E-state index in [9.17, 15) is 0 Å². The lowest BCUT2D eigenvalue weighted by atomic mass is 9.96. The van der Waals surface area contributed by atoms with Gasteiger partial charge in [0.05, 0.1) is 6.61 Å². The second-order valence-electron chi connectivity index (χ2n) is 4.79. The highest BCUT2D eigenvalue weighted by atomic mass is 16.5. The number of ether oxygens (including phenoxy) is 1. The van der Waals surface area contributed by atoms with Crippen molar-refractivity contribution >= 4 is 0 Å². The predicted molar refractivity (Wildman–Crippen MR) is 64.2 cm³/mol. The van der Waals surface area contributed by atoms with E-state index in [1.165, 1.54) is 38.9 Å². The van der Waals surface area contributed by atoms with Crippen LogP contribution >= 0.6 is 0 Å². The van der Waals surface area contributed by atoms with Gasteiger partial charge in [-0.15, -0.1) is 0 Å². The molecule has 0 saturated carbocycles. The van der Waals surface area contributed by atoms with Crippen LogP contribution in [0.25, 0.3) is 0 Å². The molecular formula is C12H26N2O. The summed E-state index contributed by atoms with van der Waals surface area (Å²) in [5, 5.41) is 3.47. The molecule has 0 aromatic rings. The fourth-order valence-corrected chi connectivity index (χ4v) is 2.15. The normalized spacial score (nSPS) is 24.4. The molecule has 0 aromatic carbocycles. The van der Waals surface area contributed by atoms with Gasteiger partial charge in [-0.2, -0.15) is 0 Å². The molecule has 15 heavy (non-hydrogen) atoms. The molecule has 2 atom stereocenters. The molecule has 0 radical (unpaired) electrons. The van der Waals surface area contributed by atoms with Crippen LogP contribution in [0.3, 0.4) is 0 Å². The molecule has 1 aliphatic rings. The molecule has 0 bridgehead atoms. The van der Waals surface area contributed by atoms with E-state index in [-0.39, 0.29) is 0 Å². The number of rotatable bonds is 6. The Morgan fingerprint density at radius 1 is 1.53 bits per heavy atom. The zero-order chi connectivity index (χ0) is 11.1. The van der Waals surface area contributed by atoms with Gasteiger partial charge in [0.15, 0.2) is 0 Å². The Morgan fingerprint density at radius 3 is 2.93 bits per heavy atom.